The molecular formula is C22H29Cl2N3OS. The van der Waals surface area contributed by atoms with E-state index in [4.69, 9.17) is 23.2 Å². The Balaban J connectivity index is 2.49. The third-order valence-corrected chi connectivity index (χ3v) is 7.71. The van der Waals surface area contributed by atoms with Crippen LogP contribution in [0.2, 0.25) is 10.0 Å². The molecule has 1 atom stereocenters. The van der Waals surface area contributed by atoms with Gasteiger partial charge in [0.1, 0.15) is 0 Å². The summed E-state index contributed by atoms with van der Waals surface area (Å²) in [7, 11) is -0.701. The Hall–Kier alpha value is -1.56. The molecule has 0 aliphatic carbocycles. The van der Waals surface area contributed by atoms with Crippen LogP contribution in [0, 0.1) is 12.8 Å². The molecule has 2 aromatic carbocycles. The average Bonchev–Trinajstić information content (AvgIpc) is 2.66. The summed E-state index contributed by atoms with van der Waals surface area (Å²) >= 11 is 12.6. The summed E-state index contributed by atoms with van der Waals surface area (Å²) in [6.45, 7) is 9.26. The fraction of sp³-hybridized carbons (Fsp3) is 0.409. The third-order valence-electron chi connectivity index (χ3n) is 4.38. The number of aryl methyl sites for hydroxylation is 1. The molecule has 0 heterocycles. The Morgan fingerprint density at radius 3 is 2.55 bits per heavy atom. The first-order chi connectivity index (χ1) is 13.6. The smallest absolute Gasteiger partial charge is 0.0910 e. The molecule has 7 heteroatoms. The van der Waals surface area contributed by atoms with Crippen LogP contribution in [0.25, 0.3) is 0 Å². The van der Waals surface area contributed by atoms with Gasteiger partial charge in [-0.25, -0.2) is 13.6 Å². The minimum absolute atomic E-state index is 0.222. The van der Waals surface area contributed by atoms with Crippen LogP contribution in [0.4, 0.5) is 5.69 Å². The van der Waals surface area contributed by atoms with Crippen molar-refractivity contribution >= 4 is 45.0 Å². The van der Waals surface area contributed by atoms with Crippen molar-refractivity contribution in [2.24, 2.45) is 15.3 Å². The van der Waals surface area contributed by atoms with E-state index in [9.17, 15) is 4.21 Å². The molecule has 0 aliphatic heterocycles. The molecular weight excluding hydrogens is 425 g/mol. The molecule has 29 heavy (non-hydrogen) atoms. The van der Waals surface area contributed by atoms with Crippen molar-refractivity contribution in [3.05, 3.63) is 57.6 Å². The van der Waals surface area contributed by atoms with Gasteiger partial charge in [-0.1, -0.05) is 49.2 Å². The number of rotatable bonds is 8. The van der Waals surface area contributed by atoms with Gasteiger partial charge in [-0.15, -0.1) is 0 Å². The van der Waals surface area contributed by atoms with Crippen LogP contribution in [-0.2, 0) is 16.3 Å². The molecule has 0 saturated carbocycles. The maximum atomic E-state index is 13.9. The van der Waals surface area contributed by atoms with Gasteiger partial charge >= 0.3 is 0 Å². The lowest BCUT2D eigenvalue weighted by molar-refractivity contribution is 0.552. The van der Waals surface area contributed by atoms with Gasteiger partial charge in [-0.2, -0.15) is 0 Å². The van der Waals surface area contributed by atoms with E-state index in [-0.39, 0.29) is 5.92 Å². The number of halogens is 2. The second-order valence-corrected chi connectivity index (χ2v) is 10.7. The lowest BCUT2D eigenvalue weighted by atomic mass is 10.2. The SMILES string of the molecule is CCN(C)C=Nc1cc(C)c(S(=O)(CC(C)C)=NCc2cccc(Cl)c2)cc1Cl. The molecule has 2 aromatic rings. The molecule has 0 fully saturated rings. The highest BCUT2D eigenvalue weighted by Gasteiger charge is 2.19. The molecule has 2 rings (SSSR count). The van der Waals surface area contributed by atoms with E-state index < -0.39 is 9.73 Å². The quantitative estimate of drug-likeness (QED) is 0.333. The standard InChI is InChI=1S/C22H29Cl2N3OS/c1-6-27(5)15-25-21-10-17(4)22(12-20(21)24)29(28,14-16(2)3)26-13-18-8-7-9-19(23)11-18/h7-12,15-16H,6,13-14H2,1-5H3. The van der Waals surface area contributed by atoms with Crippen molar-refractivity contribution in [2.45, 2.75) is 39.1 Å². The van der Waals surface area contributed by atoms with Gasteiger partial charge in [-0.3, -0.25) is 0 Å². The molecule has 158 valence electrons. The summed E-state index contributed by atoms with van der Waals surface area (Å²) in [6.07, 6.45) is 1.75. The van der Waals surface area contributed by atoms with Crippen LogP contribution in [0.1, 0.15) is 31.9 Å². The lowest BCUT2D eigenvalue weighted by Gasteiger charge is -2.17. The van der Waals surface area contributed by atoms with Crippen LogP contribution in [0.5, 0.6) is 0 Å². The van der Waals surface area contributed by atoms with Gasteiger partial charge in [-0.05, 0) is 55.2 Å². The van der Waals surface area contributed by atoms with Gasteiger partial charge in [0.2, 0.25) is 0 Å². The Morgan fingerprint density at radius 2 is 1.93 bits per heavy atom. The zero-order chi connectivity index (χ0) is 21.6. The summed E-state index contributed by atoms with van der Waals surface area (Å²) in [5.74, 6) is 0.686. The van der Waals surface area contributed by atoms with Gasteiger partial charge in [0.25, 0.3) is 0 Å². The van der Waals surface area contributed by atoms with Gasteiger partial charge in [0, 0.05) is 24.4 Å². The van der Waals surface area contributed by atoms with E-state index in [2.05, 4.69) is 9.36 Å². The molecule has 0 saturated heterocycles. The first kappa shape index (κ1) is 23.7. The van der Waals surface area contributed by atoms with Crippen LogP contribution < -0.4 is 0 Å². The number of aliphatic imine (C=N–C) groups is 1. The largest absolute Gasteiger partial charge is 0.366 e. The maximum Gasteiger partial charge on any atom is 0.0910 e. The fourth-order valence-electron chi connectivity index (χ4n) is 2.81. The second kappa shape index (κ2) is 10.5. The highest BCUT2D eigenvalue weighted by molar-refractivity contribution is 7.93. The monoisotopic (exact) mass is 453 g/mol. The number of hydrogen-bond acceptors (Lipinski definition) is 3. The fourth-order valence-corrected chi connectivity index (χ4v) is 5.85. The lowest BCUT2D eigenvalue weighted by Crippen LogP contribution is -2.14. The second-order valence-electron chi connectivity index (χ2n) is 7.51. The van der Waals surface area contributed by atoms with E-state index in [0.29, 0.717) is 32.9 Å². The van der Waals surface area contributed by atoms with Crippen molar-refractivity contribution in [1.29, 1.82) is 0 Å². The molecule has 1 unspecified atom stereocenters. The molecule has 4 nitrogen and oxygen atoms in total. The van der Waals surface area contributed by atoms with Crippen molar-refractivity contribution < 1.29 is 4.21 Å². The van der Waals surface area contributed by atoms with Crippen LogP contribution >= 0.6 is 23.2 Å². The average molecular weight is 454 g/mol. The van der Waals surface area contributed by atoms with E-state index >= 15 is 0 Å². The predicted molar refractivity (Wildman–Crippen MR) is 126 cm³/mol. The first-order valence-corrected chi connectivity index (χ1v) is 12.1. The first-order valence-electron chi connectivity index (χ1n) is 9.64. The van der Waals surface area contributed by atoms with Crippen LogP contribution in [-0.4, -0.2) is 34.8 Å². The number of benzene rings is 2. The Kier molecular flexibility index (Phi) is 8.56. The highest BCUT2D eigenvalue weighted by Crippen LogP contribution is 2.32. The molecule has 0 bridgehead atoms. The molecule has 0 aliphatic rings. The maximum absolute atomic E-state index is 13.9. The Labute approximate surface area is 185 Å². The molecule has 0 amide bonds. The predicted octanol–water partition coefficient (Wildman–Crippen LogP) is 6.60. The molecule has 0 radical (unpaired) electrons. The van der Waals surface area contributed by atoms with Crippen molar-refractivity contribution in [1.82, 2.24) is 4.90 Å². The molecule has 0 N–H and O–H groups in total. The van der Waals surface area contributed by atoms with Crippen molar-refractivity contribution in [3.8, 4) is 0 Å². The van der Waals surface area contributed by atoms with Gasteiger partial charge < -0.3 is 4.90 Å². The summed E-state index contributed by atoms with van der Waals surface area (Å²) < 4.78 is 18.6. The third kappa shape index (κ3) is 6.73. The van der Waals surface area contributed by atoms with Gasteiger partial charge in [0.05, 0.1) is 38.2 Å². The Bertz CT molecular complexity index is 996. The van der Waals surface area contributed by atoms with Crippen LogP contribution in [0.15, 0.2) is 50.6 Å². The normalized spacial score (nSPS) is 13.7. The number of nitrogens with zero attached hydrogens (tertiary/aromatic N) is 3. The summed E-state index contributed by atoms with van der Waals surface area (Å²) in [6, 6.07) is 11.1. The summed E-state index contributed by atoms with van der Waals surface area (Å²) in [5, 5.41) is 1.12. The minimum Gasteiger partial charge on any atom is -0.366 e. The zero-order valence-corrected chi connectivity index (χ0v) is 20.0. The van der Waals surface area contributed by atoms with Crippen molar-refractivity contribution in [2.75, 3.05) is 19.3 Å². The topological polar surface area (TPSA) is 45.0 Å². The highest BCUT2D eigenvalue weighted by atomic mass is 35.5. The molecule has 0 aromatic heterocycles. The minimum atomic E-state index is -2.65. The molecule has 0 spiro atoms. The Morgan fingerprint density at radius 1 is 1.21 bits per heavy atom. The van der Waals surface area contributed by atoms with Crippen LogP contribution in [0.3, 0.4) is 0 Å². The van der Waals surface area contributed by atoms with E-state index in [1.54, 1.807) is 12.4 Å². The van der Waals surface area contributed by atoms with E-state index in [1.165, 1.54) is 0 Å². The summed E-state index contributed by atoms with van der Waals surface area (Å²) in [5.41, 5.74) is 2.47. The summed E-state index contributed by atoms with van der Waals surface area (Å²) in [4.78, 5) is 7.10. The number of hydrogen-bond donors (Lipinski definition) is 0. The zero-order valence-electron chi connectivity index (χ0n) is 17.7. The van der Waals surface area contributed by atoms with E-state index in [0.717, 1.165) is 17.7 Å². The van der Waals surface area contributed by atoms with E-state index in [1.807, 2.05) is 70.0 Å². The van der Waals surface area contributed by atoms with Gasteiger partial charge in [0.15, 0.2) is 0 Å². The van der Waals surface area contributed by atoms with Crippen molar-refractivity contribution in [3.63, 3.8) is 0 Å².